The predicted octanol–water partition coefficient (Wildman–Crippen LogP) is 6.11. The van der Waals surface area contributed by atoms with Crippen molar-refractivity contribution in [2.45, 2.75) is 19.8 Å². The van der Waals surface area contributed by atoms with Gasteiger partial charge >= 0.3 is 0 Å². The number of carbonyl (C=O) groups is 1. The Balaban J connectivity index is 1.58. The van der Waals surface area contributed by atoms with Crippen molar-refractivity contribution in [3.05, 3.63) is 75.8 Å². The average Bonchev–Trinajstić information content (AvgIpc) is 3.17. The average molecular weight is 455 g/mol. The minimum Gasteiger partial charge on any atom is -0.494 e. The van der Waals surface area contributed by atoms with Gasteiger partial charge in [-0.05, 0) is 53.9 Å². The Hall–Kier alpha value is -3.09. The SMILES string of the molecule is COc1c(Cl)cc(C(=O)Nc2ccc3nn(-c4ccc(C(C)C)cc4)nc3c2)cc1Cl. The molecule has 0 saturated carbocycles. The molecule has 31 heavy (non-hydrogen) atoms. The maximum Gasteiger partial charge on any atom is 0.255 e. The Labute approximate surface area is 189 Å². The zero-order valence-corrected chi connectivity index (χ0v) is 18.7. The molecule has 0 aliphatic carbocycles. The van der Waals surface area contributed by atoms with Gasteiger partial charge in [0.25, 0.3) is 5.91 Å². The highest BCUT2D eigenvalue weighted by Crippen LogP contribution is 2.34. The van der Waals surface area contributed by atoms with Gasteiger partial charge in [0, 0.05) is 11.3 Å². The van der Waals surface area contributed by atoms with E-state index in [1.165, 1.54) is 24.8 Å². The number of halogens is 2. The van der Waals surface area contributed by atoms with E-state index in [1.807, 2.05) is 18.2 Å². The molecule has 1 amide bonds. The van der Waals surface area contributed by atoms with Gasteiger partial charge < -0.3 is 10.1 Å². The zero-order valence-electron chi connectivity index (χ0n) is 17.2. The van der Waals surface area contributed by atoms with E-state index in [9.17, 15) is 4.79 Å². The smallest absolute Gasteiger partial charge is 0.255 e. The van der Waals surface area contributed by atoms with E-state index in [2.05, 4.69) is 41.5 Å². The second-order valence-corrected chi connectivity index (χ2v) is 8.18. The number of nitrogens with one attached hydrogen (secondary N) is 1. The minimum absolute atomic E-state index is 0.266. The summed E-state index contributed by atoms with van der Waals surface area (Å²) in [6.07, 6.45) is 0. The Morgan fingerprint density at radius 2 is 1.61 bits per heavy atom. The van der Waals surface area contributed by atoms with Crippen LogP contribution >= 0.6 is 23.2 Å². The van der Waals surface area contributed by atoms with Crippen molar-refractivity contribution in [3.63, 3.8) is 0 Å². The summed E-state index contributed by atoms with van der Waals surface area (Å²) in [5, 5.41) is 12.4. The van der Waals surface area contributed by atoms with Gasteiger partial charge in [-0.2, -0.15) is 4.80 Å². The molecule has 1 heterocycles. The molecule has 1 N–H and O–H groups in total. The normalized spacial score (nSPS) is 11.2. The van der Waals surface area contributed by atoms with Gasteiger partial charge in [-0.1, -0.05) is 49.2 Å². The fraction of sp³-hybridized carbons (Fsp3) is 0.174. The summed E-state index contributed by atoms with van der Waals surface area (Å²) in [6, 6.07) is 16.5. The molecule has 0 spiro atoms. The maximum absolute atomic E-state index is 12.7. The van der Waals surface area contributed by atoms with Gasteiger partial charge in [0.05, 0.1) is 22.8 Å². The molecular formula is C23H20Cl2N4O2. The molecule has 158 valence electrons. The molecule has 8 heteroatoms. The van der Waals surface area contributed by atoms with Crippen LogP contribution in [0, 0.1) is 0 Å². The van der Waals surface area contributed by atoms with E-state index >= 15 is 0 Å². The molecule has 1 aromatic heterocycles. The van der Waals surface area contributed by atoms with Crippen molar-refractivity contribution in [3.8, 4) is 11.4 Å². The molecule has 0 saturated heterocycles. The van der Waals surface area contributed by atoms with Crippen LogP contribution in [0.25, 0.3) is 16.7 Å². The molecule has 0 fully saturated rings. The van der Waals surface area contributed by atoms with Crippen LogP contribution in [0.2, 0.25) is 10.0 Å². The second kappa shape index (κ2) is 8.57. The third-order valence-corrected chi connectivity index (χ3v) is 5.45. The second-order valence-electron chi connectivity index (χ2n) is 7.37. The van der Waals surface area contributed by atoms with Gasteiger partial charge in [-0.25, -0.2) is 0 Å². The highest BCUT2D eigenvalue weighted by molar-refractivity contribution is 6.37. The van der Waals surface area contributed by atoms with Crippen molar-refractivity contribution in [2.24, 2.45) is 0 Å². The van der Waals surface area contributed by atoms with Crippen LogP contribution in [0.5, 0.6) is 5.75 Å². The van der Waals surface area contributed by atoms with Gasteiger partial charge in [0.15, 0.2) is 5.75 Å². The summed E-state index contributed by atoms with van der Waals surface area (Å²) in [5.74, 6) is 0.446. The van der Waals surface area contributed by atoms with Crippen molar-refractivity contribution in [1.29, 1.82) is 0 Å². The van der Waals surface area contributed by atoms with Gasteiger partial charge in [-0.3, -0.25) is 4.79 Å². The molecular weight excluding hydrogens is 435 g/mol. The number of nitrogens with zero attached hydrogens (tertiary/aromatic N) is 3. The molecule has 0 aliphatic rings. The standard InChI is InChI=1S/C23H20Cl2N4O2/c1-13(2)14-4-7-17(8-5-14)29-27-20-9-6-16(12-21(20)28-29)26-23(30)15-10-18(24)22(31-3)19(25)11-15/h4-13H,1-3H3,(H,26,30). The predicted molar refractivity (Wildman–Crippen MR) is 124 cm³/mol. The van der Waals surface area contributed by atoms with Gasteiger partial charge in [-0.15, -0.1) is 10.2 Å². The largest absolute Gasteiger partial charge is 0.494 e. The molecule has 0 bridgehead atoms. The summed E-state index contributed by atoms with van der Waals surface area (Å²) >= 11 is 12.3. The summed E-state index contributed by atoms with van der Waals surface area (Å²) in [4.78, 5) is 14.2. The number of aromatic nitrogens is 3. The third-order valence-electron chi connectivity index (χ3n) is 4.89. The molecule has 0 radical (unpaired) electrons. The van der Waals surface area contributed by atoms with Crippen molar-refractivity contribution < 1.29 is 9.53 Å². The molecule has 6 nitrogen and oxygen atoms in total. The molecule has 0 atom stereocenters. The Kier molecular flexibility index (Phi) is 5.85. The van der Waals surface area contributed by atoms with Crippen LogP contribution in [0.3, 0.4) is 0 Å². The lowest BCUT2D eigenvalue weighted by atomic mass is 10.0. The van der Waals surface area contributed by atoms with Crippen LogP contribution in [0.1, 0.15) is 35.7 Å². The summed E-state index contributed by atoms with van der Waals surface area (Å²) < 4.78 is 5.12. The number of hydrogen-bond acceptors (Lipinski definition) is 4. The van der Waals surface area contributed by atoms with E-state index in [0.29, 0.717) is 28.4 Å². The topological polar surface area (TPSA) is 69.0 Å². The van der Waals surface area contributed by atoms with E-state index in [1.54, 1.807) is 16.9 Å². The fourth-order valence-electron chi connectivity index (χ4n) is 3.19. The Morgan fingerprint density at radius 1 is 0.968 bits per heavy atom. The van der Waals surface area contributed by atoms with E-state index in [-0.39, 0.29) is 16.0 Å². The number of amides is 1. The van der Waals surface area contributed by atoms with Crippen molar-refractivity contribution >= 4 is 45.8 Å². The number of ether oxygens (including phenoxy) is 1. The molecule has 3 aromatic carbocycles. The third kappa shape index (κ3) is 4.36. The number of hydrogen-bond donors (Lipinski definition) is 1. The fourth-order valence-corrected chi connectivity index (χ4v) is 3.83. The highest BCUT2D eigenvalue weighted by atomic mass is 35.5. The number of methoxy groups -OCH3 is 1. The van der Waals surface area contributed by atoms with Crippen molar-refractivity contribution in [1.82, 2.24) is 15.0 Å². The lowest BCUT2D eigenvalue weighted by molar-refractivity contribution is 0.102. The molecule has 0 aliphatic heterocycles. The zero-order chi connectivity index (χ0) is 22.1. The number of anilines is 1. The Morgan fingerprint density at radius 3 is 2.23 bits per heavy atom. The monoisotopic (exact) mass is 454 g/mol. The van der Waals surface area contributed by atoms with Crippen LogP contribution in [0.4, 0.5) is 5.69 Å². The maximum atomic E-state index is 12.7. The first-order valence-corrected chi connectivity index (χ1v) is 10.4. The number of fused-ring (bicyclic) bond motifs is 1. The lowest BCUT2D eigenvalue weighted by Crippen LogP contribution is -2.12. The molecule has 4 aromatic rings. The van der Waals surface area contributed by atoms with Crippen LogP contribution < -0.4 is 10.1 Å². The first-order valence-electron chi connectivity index (χ1n) is 9.67. The first kappa shape index (κ1) is 21.2. The van der Waals surface area contributed by atoms with Crippen molar-refractivity contribution in [2.75, 3.05) is 12.4 Å². The van der Waals surface area contributed by atoms with Gasteiger partial charge in [0.2, 0.25) is 0 Å². The van der Waals surface area contributed by atoms with Gasteiger partial charge in [0.1, 0.15) is 11.0 Å². The highest BCUT2D eigenvalue weighted by Gasteiger charge is 2.14. The lowest BCUT2D eigenvalue weighted by Gasteiger charge is -2.09. The van der Waals surface area contributed by atoms with Crippen LogP contribution in [-0.2, 0) is 0 Å². The number of benzene rings is 3. The van der Waals surface area contributed by atoms with E-state index in [4.69, 9.17) is 27.9 Å². The molecule has 0 unspecified atom stereocenters. The first-order chi connectivity index (χ1) is 14.9. The summed E-state index contributed by atoms with van der Waals surface area (Å²) in [7, 11) is 1.47. The van der Waals surface area contributed by atoms with Crippen LogP contribution in [0.15, 0.2) is 54.6 Å². The van der Waals surface area contributed by atoms with E-state index < -0.39 is 0 Å². The number of rotatable bonds is 5. The minimum atomic E-state index is -0.345. The van der Waals surface area contributed by atoms with Crippen LogP contribution in [-0.4, -0.2) is 28.0 Å². The Bertz CT molecular complexity index is 1240. The summed E-state index contributed by atoms with van der Waals surface area (Å²) in [5.41, 5.74) is 4.42. The molecule has 4 rings (SSSR count). The summed E-state index contributed by atoms with van der Waals surface area (Å²) in [6.45, 7) is 4.30. The van der Waals surface area contributed by atoms with E-state index in [0.717, 1.165) is 11.2 Å². The quantitative estimate of drug-likeness (QED) is 0.394. The number of carbonyl (C=O) groups excluding carboxylic acids is 1.